The molecule has 5 N–H and O–H groups in total. The molecule has 2 aliphatic rings. The lowest BCUT2D eigenvalue weighted by Crippen LogP contribution is -2.34. The SMILES string of the molecule is O=C1NC(=O)C(c2c([C@@H]3C[C@H](O)C[C@@H](CO)O3)[nH]c3ccccc23)=C1c1c[nH]c2ccccc12. The average molecular weight is 457 g/mol. The number of aromatic amines is 2. The molecule has 0 saturated carbocycles. The van der Waals surface area contributed by atoms with Gasteiger partial charge in [-0.2, -0.15) is 0 Å². The van der Waals surface area contributed by atoms with Crippen LogP contribution in [-0.4, -0.2) is 50.8 Å². The zero-order valence-corrected chi connectivity index (χ0v) is 18.2. The third kappa shape index (κ3) is 3.19. The molecule has 2 aromatic heterocycles. The number of benzene rings is 2. The van der Waals surface area contributed by atoms with E-state index in [1.165, 1.54) is 0 Å². The van der Waals surface area contributed by atoms with Crippen LogP contribution in [0.2, 0.25) is 0 Å². The van der Waals surface area contributed by atoms with Gasteiger partial charge in [0.2, 0.25) is 0 Å². The fourth-order valence-electron chi connectivity index (χ4n) is 5.20. The topological polar surface area (TPSA) is 127 Å². The van der Waals surface area contributed by atoms with Crippen LogP contribution in [-0.2, 0) is 14.3 Å². The predicted octanol–water partition coefficient (Wildman–Crippen LogP) is 2.79. The average Bonchev–Trinajstić information content (AvgIpc) is 3.51. The number of imide groups is 1. The Hall–Kier alpha value is -3.72. The number of para-hydroxylation sites is 2. The van der Waals surface area contributed by atoms with Gasteiger partial charge in [0.05, 0.1) is 35.7 Å². The van der Waals surface area contributed by atoms with E-state index in [2.05, 4.69) is 15.3 Å². The molecule has 172 valence electrons. The summed E-state index contributed by atoms with van der Waals surface area (Å²) in [5.41, 5.74) is 4.04. The minimum Gasteiger partial charge on any atom is -0.394 e. The summed E-state index contributed by atoms with van der Waals surface area (Å²) in [7, 11) is 0. The summed E-state index contributed by atoms with van der Waals surface area (Å²) in [4.78, 5) is 32.9. The van der Waals surface area contributed by atoms with Gasteiger partial charge < -0.3 is 24.9 Å². The molecule has 3 atom stereocenters. The molecular weight excluding hydrogens is 434 g/mol. The number of amides is 2. The third-order valence-electron chi connectivity index (χ3n) is 6.68. The van der Waals surface area contributed by atoms with Crippen molar-refractivity contribution in [2.75, 3.05) is 6.61 Å². The van der Waals surface area contributed by atoms with Gasteiger partial charge in [-0.3, -0.25) is 14.9 Å². The van der Waals surface area contributed by atoms with Gasteiger partial charge in [0.1, 0.15) is 6.10 Å². The van der Waals surface area contributed by atoms with Crippen LogP contribution in [0, 0.1) is 0 Å². The Balaban J connectivity index is 1.62. The Morgan fingerprint density at radius 2 is 1.62 bits per heavy atom. The number of aromatic nitrogens is 2. The quantitative estimate of drug-likeness (QED) is 0.301. The number of fused-ring (bicyclic) bond motifs is 2. The van der Waals surface area contributed by atoms with Gasteiger partial charge in [-0.25, -0.2) is 0 Å². The van der Waals surface area contributed by atoms with Gasteiger partial charge >= 0.3 is 0 Å². The first-order valence-corrected chi connectivity index (χ1v) is 11.3. The van der Waals surface area contributed by atoms with E-state index in [-0.39, 0.29) is 12.2 Å². The molecule has 2 aliphatic heterocycles. The van der Waals surface area contributed by atoms with Crippen molar-refractivity contribution in [1.82, 2.24) is 15.3 Å². The first-order valence-electron chi connectivity index (χ1n) is 11.3. The number of H-pyrrole nitrogens is 2. The highest BCUT2D eigenvalue weighted by Gasteiger charge is 2.39. The number of rotatable bonds is 4. The van der Waals surface area contributed by atoms with Gasteiger partial charge in [0, 0.05) is 52.0 Å². The molecule has 1 fully saturated rings. The van der Waals surface area contributed by atoms with Crippen molar-refractivity contribution in [3.63, 3.8) is 0 Å². The van der Waals surface area contributed by atoms with E-state index < -0.39 is 30.1 Å². The molecule has 0 bridgehead atoms. The monoisotopic (exact) mass is 457 g/mol. The second kappa shape index (κ2) is 7.95. The van der Waals surface area contributed by atoms with Crippen molar-refractivity contribution in [1.29, 1.82) is 0 Å². The summed E-state index contributed by atoms with van der Waals surface area (Å²) < 4.78 is 6.09. The minimum absolute atomic E-state index is 0.217. The van der Waals surface area contributed by atoms with Crippen molar-refractivity contribution in [2.24, 2.45) is 0 Å². The van der Waals surface area contributed by atoms with Gasteiger partial charge in [0.15, 0.2) is 0 Å². The van der Waals surface area contributed by atoms with Crippen LogP contribution in [0.4, 0.5) is 0 Å². The largest absolute Gasteiger partial charge is 0.394 e. The smallest absolute Gasteiger partial charge is 0.259 e. The highest BCUT2D eigenvalue weighted by atomic mass is 16.5. The van der Waals surface area contributed by atoms with Crippen LogP contribution >= 0.6 is 0 Å². The van der Waals surface area contributed by atoms with E-state index in [1.807, 2.05) is 48.5 Å². The Morgan fingerprint density at radius 3 is 2.41 bits per heavy atom. The molecule has 8 nitrogen and oxygen atoms in total. The molecular formula is C26H23N3O5. The first kappa shape index (κ1) is 20.9. The van der Waals surface area contributed by atoms with Crippen molar-refractivity contribution < 1.29 is 24.5 Å². The lowest BCUT2D eigenvalue weighted by molar-refractivity contribution is -0.122. The number of aliphatic hydroxyl groups excluding tert-OH is 2. The van der Waals surface area contributed by atoms with E-state index in [0.29, 0.717) is 35.2 Å². The van der Waals surface area contributed by atoms with Crippen molar-refractivity contribution in [3.8, 4) is 0 Å². The number of aliphatic hydroxyl groups is 2. The Morgan fingerprint density at radius 1 is 0.912 bits per heavy atom. The second-order valence-electron chi connectivity index (χ2n) is 8.79. The number of carbonyl (C=O) groups excluding carboxylic acids is 2. The standard InChI is InChI=1S/C26H23N3O5/c30-12-14-9-13(31)10-20(34-14)24-21(16-6-2-4-8-19(16)28-24)23-22(25(32)29-26(23)33)17-11-27-18-7-3-1-5-15(17)18/h1-8,11,13-14,20,27-28,30-31H,9-10,12H2,(H,29,32,33)/t13-,14+,20+/m1/s1. The molecule has 8 heteroatoms. The lowest BCUT2D eigenvalue weighted by atomic mass is 9.90. The fraction of sp³-hybridized carbons (Fsp3) is 0.231. The zero-order valence-electron chi connectivity index (χ0n) is 18.2. The molecule has 1 saturated heterocycles. The number of hydrogen-bond donors (Lipinski definition) is 5. The summed E-state index contributed by atoms with van der Waals surface area (Å²) in [6.45, 7) is -0.217. The number of ether oxygens (including phenoxy) is 1. The first-order chi connectivity index (χ1) is 16.5. The number of nitrogens with one attached hydrogen (secondary N) is 3. The number of hydrogen-bond acceptors (Lipinski definition) is 5. The molecule has 4 aromatic rings. The van der Waals surface area contributed by atoms with Crippen LogP contribution < -0.4 is 5.32 Å². The lowest BCUT2D eigenvalue weighted by Gasteiger charge is -2.32. The fourth-order valence-corrected chi connectivity index (χ4v) is 5.20. The molecule has 34 heavy (non-hydrogen) atoms. The van der Waals surface area contributed by atoms with Crippen molar-refractivity contribution >= 4 is 44.8 Å². The molecule has 2 amide bonds. The number of carbonyl (C=O) groups is 2. The summed E-state index contributed by atoms with van der Waals surface area (Å²) in [5, 5.41) is 24.2. The zero-order chi connectivity index (χ0) is 23.4. The minimum atomic E-state index is -0.656. The molecule has 4 heterocycles. The van der Waals surface area contributed by atoms with E-state index in [9.17, 15) is 19.8 Å². The van der Waals surface area contributed by atoms with E-state index in [0.717, 1.165) is 21.8 Å². The Bertz CT molecular complexity index is 1480. The van der Waals surface area contributed by atoms with Crippen LogP contribution in [0.1, 0.15) is 35.8 Å². The van der Waals surface area contributed by atoms with Gasteiger partial charge in [-0.1, -0.05) is 36.4 Å². The van der Waals surface area contributed by atoms with E-state index in [1.54, 1.807) is 6.20 Å². The molecule has 0 spiro atoms. The summed E-state index contributed by atoms with van der Waals surface area (Å²) in [5.74, 6) is -0.940. The van der Waals surface area contributed by atoms with E-state index in [4.69, 9.17) is 4.74 Å². The maximum absolute atomic E-state index is 13.2. The second-order valence-corrected chi connectivity index (χ2v) is 8.79. The van der Waals surface area contributed by atoms with Gasteiger partial charge in [-0.15, -0.1) is 0 Å². The Labute approximate surface area is 194 Å². The van der Waals surface area contributed by atoms with Crippen LogP contribution in [0.3, 0.4) is 0 Å². The van der Waals surface area contributed by atoms with E-state index >= 15 is 0 Å². The molecule has 2 aromatic carbocycles. The molecule has 0 unspecified atom stereocenters. The van der Waals surface area contributed by atoms with Crippen molar-refractivity contribution in [3.05, 3.63) is 71.5 Å². The van der Waals surface area contributed by atoms with Crippen molar-refractivity contribution in [2.45, 2.75) is 31.2 Å². The maximum Gasteiger partial charge on any atom is 0.259 e. The van der Waals surface area contributed by atoms with Gasteiger partial charge in [0.25, 0.3) is 11.8 Å². The van der Waals surface area contributed by atoms with Crippen LogP contribution in [0.15, 0.2) is 54.7 Å². The van der Waals surface area contributed by atoms with Crippen LogP contribution in [0.25, 0.3) is 33.0 Å². The highest BCUT2D eigenvalue weighted by Crippen LogP contribution is 2.43. The molecule has 6 rings (SSSR count). The normalized spacial score (nSPS) is 23.3. The predicted molar refractivity (Wildman–Crippen MR) is 127 cm³/mol. The highest BCUT2D eigenvalue weighted by molar-refractivity contribution is 6.51. The van der Waals surface area contributed by atoms with Crippen LogP contribution in [0.5, 0.6) is 0 Å². The maximum atomic E-state index is 13.2. The third-order valence-corrected chi connectivity index (χ3v) is 6.68. The summed E-state index contributed by atoms with van der Waals surface area (Å²) in [6, 6.07) is 15.2. The van der Waals surface area contributed by atoms with Gasteiger partial charge in [-0.05, 0) is 12.1 Å². The molecule has 0 aliphatic carbocycles. The summed E-state index contributed by atoms with van der Waals surface area (Å²) in [6.07, 6.45) is 0.635. The molecule has 0 radical (unpaired) electrons. The summed E-state index contributed by atoms with van der Waals surface area (Å²) >= 11 is 0. The Kier molecular flexibility index (Phi) is 4.88.